The van der Waals surface area contributed by atoms with Crippen LogP contribution in [0.3, 0.4) is 0 Å². The summed E-state index contributed by atoms with van der Waals surface area (Å²) in [5.41, 5.74) is 0.132. The summed E-state index contributed by atoms with van der Waals surface area (Å²) >= 11 is 0. The number of nitrogens with zero attached hydrogens (tertiary/aromatic N) is 1. The Morgan fingerprint density at radius 1 is 1.47 bits per heavy atom. The molecule has 1 aromatic rings. The number of rotatable bonds is 0. The first kappa shape index (κ1) is 11.7. The number of carbonyl (C=O) groups is 1. The lowest BCUT2D eigenvalue weighted by molar-refractivity contribution is 0.123. The highest BCUT2D eigenvalue weighted by molar-refractivity contribution is 5.66. The summed E-state index contributed by atoms with van der Waals surface area (Å²) in [4.78, 5) is 12.2. The van der Waals surface area contributed by atoms with Gasteiger partial charge in [0.05, 0.1) is 6.54 Å². The van der Waals surface area contributed by atoms with E-state index in [1.54, 1.807) is 13.8 Å². The fraction of sp³-hybridized carbons (Fsp3) is 0.417. The van der Waals surface area contributed by atoms with E-state index in [0.29, 0.717) is 11.1 Å². The zero-order valence-corrected chi connectivity index (χ0v) is 9.70. The summed E-state index contributed by atoms with van der Waals surface area (Å²) < 4.78 is 13.8. The molecule has 4 nitrogen and oxygen atoms in total. The molecule has 0 atom stereocenters. The van der Waals surface area contributed by atoms with Gasteiger partial charge in [-0.3, -0.25) is 0 Å². The maximum absolute atomic E-state index is 13.8. The fourth-order valence-electron chi connectivity index (χ4n) is 2.44. The zero-order chi connectivity index (χ0) is 12.8. The van der Waals surface area contributed by atoms with Gasteiger partial charge >= 0.3 is 6.09 Å². The number of fused-ring (bicyclic) bond motifs is 1. The Morgan fingerprint density at radius 2 is 2.12 bits per heavy atom. The molecule has 0 radical (unpaired) electrons. The van der Waals surface area contributed by atoms with E-state index in [-0.39, 0.29) is 18.8 Å². The number of carboxylic acid groups (broad SMARTS) is 1. The lowest BCUT2D eigenvalue weighted by Crippen LogP contribution is -2.45. The van der Waals surface area contributed by atoms with Crippen LogP contribution in [0.2, 0.25) is 0 Å². The number of halogens is 1. The Balaban J connectivity index is 2.60. The Morgan fingerprint density at radius 3 is 2.71 bits per heavy atom. The van der Waals surface area contributed by atoms with Crippen molar-refractivity contribution < 1.29 is 19.4 Å². The highest BCUT2D eigenvalue weighted by atomic mass is 19.1. The van der Waals surface area contributed by atoms with Gasteiger partial charge in [-0.05, 0) is 12.1 Å². The molecule has 1 aliphatic rings. The SMILES string of the molecule is CC1(C)CN(C(=O)O)Cc2c(O)ccc(F)c21. The standard InChI is InChI=1S/C12H14FNO3/c1-12(2)6-14(11(16)17)5-7-9(15)4-3-8(13)10(7)12/h3-4,15H,5-6H2,1-2H3,(H,16,17). The Kier molecular flexibility index (Phi) is 2.49. The van der Waals surface area contributed by atoms with E-state index >= 15 is 0 Å². The minimum atomic E-state index is -1.06. The average Bonchev–Trinajstić information content (AvgIpc) is 2.21. The molecule has 2 rings (SSSR count). The average molecular weight is 239 g/mol. The first-order valence-corrected chi connectivity index (χ1v) is 5.31. The smallest absolute Gasteiger partial charge is 0.407 e. The summed E-state index contributed by atoms with van der Waals surface area (Å²) in [6.07, 6.45) is -1.06. The topological polar surface area (TPSA) is 60.8 Å². The molecule has 0 saturated carbocycles. The lowest BCUT2D eigenvalue weighted by atomic mass is 9.78. The van der Waals surface area contributed by atoms with Crippen molar-refractivity contribution in [3.05, 3.63) is 29.1 Å². The van der Waals surface area contributed by atoms with E-state index in [1.807, 2.05) is 0 Å². The highest BCUT2D eigenvalue weighted by Crippen LogP contribution is 2.39. The quantitative estimate of drug-likeness (QED) is 0.730. The lowest BCUT2D eigenvalue weighted by Gasteiger charge is -2.38. The van der Waals surface area contributed by atoms with Gasteiger partial charge in [-0.1, -0.05) is 13.8 Å². The third-order valence-electron chi connectivity index (χ3n) is 3.12. The van der Waals surface area contributed by atoms with Crippen LogP contribution in [0.4, 0.5) is 9.18 Å². The largest absolute Gasteiger partial charge is 0.508 e. The van der Waals surface area contributed by atoms with Crippen molar-refractivity contribution in [2.75, 3.05) is 6.54 Å². The number of hydrogen-bond acceptors (Lipinski definition) is 2. The van der Waals surface area contributed by atoms with Crippen molar-refractivity contribution in [2.24, 2.45) is 0 Å². The number of phenols is 1. The van der Waals surface area contributed by atoms with Gasteiger partial charge < -0.3 is 15.1 Å². The van der Waals surface area contributed by atoms with Crippen LogP contribution in [0.15, 0.2) is 12.1 Å². The maximum Gasteiger partial charge on any atom is 0.407 e. The number of aromatic hydroxyl groups is 1. The van der Waals surface area contributed by atoms with Crippen LogP contribution < -0.4 is 0 Å². The molecule has 0 saturated heterocycles. The van der Waals surface area contributed by atoms with Crippen molar-refractivity contribution >= 4 is 6.09 Å². The van der Waals surface area contributed by atoms with Crippen molar-refractivity contribution in [2.45, 2.75) is 25.8 Å². The van der Waals surface area contributed by atoms with E-state index < -0.39 is 17.3 Å². The van der Waals surface area contributed by atoms with Crippen molar-refractivity contribution in [3.63, 3.8) is 0 Å². The van der Waals surface area contributed by atoms with Gasteiger partial charge in [0.15, 0.2) is 0 Å². The van der Waals surface area contributed by atoms with Crippen LogP contribution in [-0.2, 0) is 12.0 Å². The van der Waals surface area contributed by atoms with Crippen LogP contribution in [0.5, 0.6) is 5.75 Å². The number of benzene rings is 1. The molecular weight excluding hydrogens is 225 g/mol. The molecular formula is C12H14FNO3. The summed E-state index contributed by atoms with van der Waals surface area (Å²) in [5.74, 6) is -0.451. The molecule has 0 fully saturated rings. The van der Waals surface area contributed by atoms with E-state index in [9.17, 15) is 14.3 Å². The van der Waals surface area contributed by atoms with Crippen molar-refractivity contribution in [1.82, 2.24) is 4.90 Å². The Bertz CT molecular complexity index is 485. The minimum absolute atomic E-state index is 0.0255. The molecule has 2 N–H and O–H groups in total. The molecule has 5 heteroatoms. The number of amides is 1. The molecule has 0 aromatic heterocycles. The summed E-state index contributed by atoms with van der Waals surface area (Å²) in [7, 11) is 0. The molecule has 0 unspecified atom stereocenters. The summed E-state index contributed by atoms with van der Waals surface area (Å²) in [5, 5.41) is 18.7. The molecule has 1 amide bonds. The molecule has 0 spiro atoms. The summed E-state index contributed by atoms with van der Waals surface area (Å²) in [6, 6.07) is 2.47. The van der Waals surface area contributed by atoms with Crippen LogP contribution in [0.1, 0.15) is 25.0 Å². The van der Waals surface area contributed by atoms with Crippen LogP contribution in [0.25, 0.3) is 0 Å². The van der Waals surface area contributed by atoms with Gasteiger partial charge in [-0.15, -0.1) is 0 Å². The minimum Gasteiger partial charge on any atom is -0.508 e. The zero-order valence-electron chi connectivity index (χ0n) is 9.70. The van der Waals surface area contributed by atoms with Gasteiger partial charge in [-0.2, -0.15) is 0 Å². The molecule has 0 bridgehead atoms. The number of phenolic OH excluding ortho intramolecular Hbond substituents is 1. The molecule has 1 aliphatic heterocycles. The van der Waals surface area contributed by atoms with Gasteiger partial charge in [0, 0.05) is 23.1 Å². The first-order valence-electron chi connectivity index (χ1n) is 5.31. The van der Waals surface area contributed by atoms with Gasteiger partial charge in [0.1, 0.15) is 11.6 Å². The van der Waals surface area contributed by atoms with Crippen molar-refractivity contribution in [1.29, 1.82) is 0 Å². The van der Waals surface area contributed by atoms with Crippen LogP contribution >= 0.6 is 0 Å². The third-order valence-corrected chi connectivity index (χ3v) is 3.12. The Labute approximate surface area is 98.3 Å². The van der Waals surface area contributed by atoms with Crippen LogP contribution in [0, 0.1) is 5.82 Å². The second-order valence-corrected chi connectivity index (χ2v) is 4.94. The first-order chi connectivity index (χ1) is 7.83. The second kappa shape index (κ2) is 3.61. The predicted octanol–water partition coefficient (Wildman–Crippen LogP) is 2.30. The van der Waals surface area contributed by atoms with E-state index in [2.05, 4.69) is 0 Å². The predicted molar refractivity (Wildman–Crippen MR) is 59.5 cm³/mol. The van der Waals surface area contributed by atoms with Gasteiger partial charge in [0.2, 0.25) is 0 Å². The van der Waals surface area contributed by atoms with E-state index in [0.717, 1.165) is 0 Å². The Hall–Kier alpha value is -1.78. The van der Waals surface area contributed by atoms with Gasteiger partial charge in [-0.25, -0.2) is 9.18 Å². The normalized spacial score (nSPS) is 17.7. The third kappa shape index (κ3) is 1.81. The van der Waals surface area contributed by atoms with Crippen molar-refractivity contribution in [3.8, 4) is 5.75 Å². The molecule has 92 valence electrons. The molecule has 1 heterocycles. The van der Waals surface area contributed by atoms with E-state index in [4.69, 9.17) is 5.11 Å². The van der Waals surface area contributed by atoms with Crippen LogP contribution in [-0.4, -0.2) is 27.8 Å². The fourth-order valence-corrected chi connectivity index (χ4v) is 2.44. The number of hydrogen-bond donors (Lipinski definition) is 2. The molecule has 17 heavy (non-hydrogen) atoms. The summed E-state index contributed by atoms with van der Waals surface area (Å²) in [6.45, 7) is 3.78. The van der Waals surface area contributed by atoms with E-state index in [1.165, 1.54) is 17.0 Å². The highest BCUT2D eigenvalue weighted by Gasteiger charge is 2.37. The molecule has 1 aromatic carbocycles. The molecule has 0 aliphatic carbocycles. The second-order valence-electron chi connectivity index (χ2n) is 4.94. The van der Waals surface area contributed by atoms with Gasteiger partial charge in [0.25, 0.3) is 0 Å². The maximum atomic E-state index is 13.8. The monoisotopic (exact) mass is 239 g/mol.